The van der Waals surface area contributed by atoms with Crippen LogP contribution >= 0.6 is 0 Å². The summed E-state index contributed by atoms with van der Waals surface area (Å²) in [5.74, 6) is 0.00679. The molecule has 22 heavy (non-hydrogen) atoms. The van der Waals surface area contributed by atoms with Crippen molar-refractivity contribution < 1.29 is 14.3 Å². The SMILES string of the molecule is COC(=O)[C@@H]1CC12CCN(C(=O)/C=C/c1ccccc1)CC2. The zero-order valence-corrected chi connectivity index (χ0v) is 12.8. The zero-order valence-electron chi connectivity index (χ0n) is 12.8. The van der Waals surface area contributed by atoms with Crippen molar-refractivity contribution in [3.63, 3.8) is 0 Å². The molecule has 1 aliphatic carbocycles. The predicted molar refractivity (Wildman–Crippen MR) is 83.8 cm³/mol. The molecule has 1 spiro atoms. The fourth-order valence-electron chi connectivity index (χ4n) is 3.39. The lowest BCUT2D eigenvalue weighted by atomic mass is 9.91. The number of amides is 1. The number of carbonyl (C=O) groups is 2. The average molecular weight is 299 g/mol. The van der Waals surface area contributed by atoms with Gasteiger partial charge in [0.25, 0.3) is 0 Å². The Kier molecular flexibility index (Phi) is 4.01. The molecule has 0 aromatic heterocycles. The van der Waals surface area contributed by atoms with Crippen LogP contribution < -0.4 is 0 Å². The number of rotatable bonds is 3. The lowest BCUT2D eigenvalue weighted by molar-refractivity contribution is -0.143. The Hall–Kier alpha value is -2.10. The molecule has 1 aromatic rings. The van der Waals surface area contributed by atoms with Crippen molar-refractivity contribution in [2.45, 2.75) is 19.3 Å². The summed E-state index contributed by atoms with van der Waals surface area (Å²) in [4.78, 5) is 25.7. The van der Waals surface area contributed by atoms with E-state index in [4.69, 9.17) is 4.74 Å². The minimum atomic E-state index is -0.0938. The second-order valence-corrected chi connectivity index (χ2v) is 6.21. The fourth-order valence-corrected chi connectivity index (χ4v) is 3.39. The number of hydrogen-bond donors (Lipinski definition) is 0. The minimum absolute atomic E-state index is 0.0500. The Morgan fingerprint density at radius 1 is 1.23 bits per heavy atom. The smallest absolute Gasteiger partial charge is 0.309 e. The minimum Gasteiger partial charge on any atom is -0.469 e. The summed E-state index contributed by atoms with van der Waals surface area (Å²) in [6.45, 7) is 1.46. The molecular weight excluding hydrogens is 278 g/mol. The summed E-state index contributed by atoms with van der Waals surface area (Å²) < 4.78 is 4.83. The highest BCUT2D eigenvalue weighted by atomic mass is 16.5. The number of likely N-dealkylation sites (tertiary alicyclic amines) is 1. The highest BCUT2D eigenvalue weighted by molar-refractivity contribution is 5.91. The highest BCUT2D eigenvalue weighted by Gasteiger charge is 2.59. The van der Waals surface area contributed by atoms with Gasteiger partial charge in [0, 0.05) is 19.2 Å². The molecule has 0 N–H and O–H groups in total. The van der Waals surface area contributed by atoms with E-state index < -0.39 is 0 Å². The monoisotopic (exact) mass is 299 g/mol. The second-order valence-electron chi connectivity index (χ2n) is 6.21. The van der Waals surface area contributed by atoms with Crippen LogP contribution in [-0.2, 0) is 14.3 Å². The van der Waals surface area contributed by atoms with Crippen LogP contribution in [0.5, 0.6) is 0 Å². The van der Waals surface area contributed by atoms with E-state index in [1.54, 1.807) is 6.08 Å². The maximum atomic E-state index is 12.2. The number of esters is 1. The molecular formula is C18H21NO3. The largest absolute Gasteiger partial charge is 0.469 e. The lowest BCUT2D eigenvalue weighted by Gasteiger charge is -2.32. The van der Waals surface area contributed by atoms with E-state index in [0.29, 0.717) is 0 Å². The first kappa shape index (κ1) is 14.8. The van der Waals surface area contributed by atoms with Crippen LogP contribution in [-0.4, -0.2) is 37.0 Å². The van der Waals surface area contributed by atoms with Gasteiger partial charge < -0.3 is 9.64 Å². The number of ether oxygens (including phenoxy) is 1. The number of nitrogens with zero attached hydrogens (tertiary/aromatic N) is 1. The summed E-state index contributed by atoms with van der Waals surface area (Å²) in [5, 5.41) is 0. The van der Waals surface area contributed by atoms with Crippen LogP contribution in [0, 0.1) is 11.3 Å². The molecule has 4 heteroatoms. The maximum Gasteiger partial charge on any atom is 0.309 e. The third-order valence-corrected chi connectivity index (χ3v) is 4.96. The molecule has 1 amide bonds. The van der Waals surface area contributed by atoms with Gasteiger partial charge in [-0.3, -0.25) is 9.59 Å². The van der Waals surface area contributed by atoms with Gasteiger partial charge in [0.2, 0.25) is 5.91 Å². The Morgan fingerprint density at radius 2 is 1.91 bits per heavy atom. The van der Waals surface area contributed by atoms with E-state index in [-0.39, 0.29) is 23.2 Å². The van der Waals surface area contributed by atoms with Gasteiger partial charge in [-0.15, -0.1) is 0 Å². The van der Waals surface area contributed by atoms with Gasteiger partial charge in [0.15, 0.2) is 0 Å². The van der Waals surface area contributed by atoms with Crippen molar-refractivity contribution in [1.29, 1.82) is 0 Å². The van der Waals surface area contributed by atoms with Gasteiger partial charge in [-0.25, -0.2) is 0 Å². The predicted octanol–water partition coefficient (Wildman–Crippen LogP) is 2.50. The van der Waals surface area contributed by atoms with Gasteiger partial charge in [-0.1, -0.05) is 30.3 Å². The standard InChI is InChI=1S/C18H21NO3/c1-22-17(21)15-13-18(15)9-11-19(12-10-18)16(20)8-7-14-5-3-2-4-6-14/h2-8,15H,9-13H2,1H3/b8-7+/t15-/m0/s1. The van der Waals surface area contributed by atoms with Crippen molar-refractivity contribution in [2.75, 3.05) is 20.2 Å². The van der Waals surface area contributed by atoms with Crippen molar-refractivity contribution in [3.05, 3.63) is 42.0 Å². The average Bonchev–Trinajstić information content (AvgIpc) is 3.27. The normalized spacial score (nSPS) is 22.8. The Morgan fingerprint density at radius 3 is 2.55 bits per heavy atom. The van der Waals surface area contributed by atoms with Crippen molar-refractivity contribution >= 4 is 18.0 Å². The molecule has 4 nitrogen and oxygen atoms in total. The van der Waals surface area contributed by atoms with Crippen LogP contribution in [0.2, 0.25) is 0 Å². The number of carbonyl (C=O) groups excluding carboxylic acids is 2. The number of piperidine rings is 1. The third kappa shape index (κ3) is 2.91. The number of methoxy groups -OCH3 is 1. The third-order valence-electron chi connectivity index (χ3n) is 4.96. The fraction of sp³-hybridized carbons (Fsp3) is 0.444. The summed E-state index contributed by atoms with van der Waals surface area (Å²) in [7, 11) is 1.45. The van der Waals surface area contributed by atoms with Crippen LogP contribution in [0.3, 0.4) is 0 Å². The molecule has 1 aromatic carbocycles. The van der Waals surface area contributed by atoms with Gasteiger partial charge in [-0.2, -0.15) is 0 Å². The second kappa shape index (κ2) is 5.95. The topological polar surface area (TPSA) is 46.6 Å². The Labute approximate surface area is 130 Å². The van der Waals surface area contributed by atoms with E-state index >= 15 is 0 Å². The van der Waals surface area contributed by atoms with E-state index in [0.717, 1.165) is 37.9 Å². The molecule has 0 unspecified atom stereocenters. The highest BCUT2D eigenvalue weighted by Crippen LogP contribution is 2.59. The van der Waals surface area contributed by atoms with Gasteiger partial charge in [-0.05, 0) is 36.3 Å². The van der Waals surface area contributed by atoms with E-state index in [1.807, 2.05) is 41.3 Å². The van der Waals surface area contributed by atoms with Crippen LogP contribution in [0.15, 0.2) is 36.4 Å². The number of benzene rings is 1. The molecule has 0 bridgehead atoms. The molecule has 1 heterocycles. The maximum absolute atomic E-state index is 12.2. The van der Waals surface area contributed by atoms with Crippen LogP contribution in [0.1, 0.15) is 24.8 Å². The molecule has 1 atom stereocenters. The van der Waals surface area contributed by atoms with Gasteiger partial charge in [0.05, 0.1) is 13.0 Å². The Bertz CT molecular complexity index is 586. The van der Waals surface area contributed by atoms with Crippen LogP contribution in [0.25, 0.3) is 6.08 Å². The summed E-state index contributed by atoms with van der Waals surface area (Å²) >= 11 is 0. The molecule has 3 rings (SSSR count). The molecule has 2 fully saturated rings. The molecule has 1 saturated heterocycles. The van der Waals surface area contributed by atoms with Gasteiger partial charge >= 0.3 is 5.97 Å². The molecule has 116 valence electrons. The molecule has 1 saturated carbocycles. The zero-order chi connectivity index (χ0) is 15.6. The first-order chi connectivity index (χ1) is 10.6. The van der Waals surface area contributed by atoms with E-state index in [1.165, 1.54) is 7.11 Å². The summed E-state index contributed by atoms with van der Waals surface area (Å²) in [6, 6.07) is 9.81. The Balaban J connectivity index is 1.53. The van der Waals surface area contributed by atoms with E-state index in [2.05, 4.69) is 0 Å². The molecule has 1 aliphatic heterocycles. The van der Waals surface area contributed by atoms with Crippen molar-refractivity contribution in [3.8, 4) is 0 Å². The van der Waals surface area contributed by atoms with Crippen molar-refractivity contribution in [2.24, 2.45) is 11.3 Å². The summed E-state index contributed by atoms with van der Waals surface area (Å²) in [6.07, 6.45) is 6.20. The van der Waals surface area contributed by atoms with Gasteiger partial charge in [0.1, 0.15) is 0 Å². The first-order valence-electron chi connectivity index (χ1n) is 7.74. The van der Waals surface area contributed by atoms with E-state index in [9.17, 15) is 9.59 Å². The van der Waals surface area contributed by atoms with Crippen LogP contribution in [0.4, 0.5) is 0 Å². The molecule has 0 radical (unpaired) electrons. The lowest BCUT2D eigenvalue weighted by Crippen LogP contribution is -2.39. The number of hydrogen-bond acceptors (Lipinski definition) is 3. The van der Waals surface area contributed by atoms with Crippen molar-refractivity contribution in [1.82, 2.24) is 4.90 Å². The quantitative estimate of drug-likeness (QED) is 0.636. The summed E-state index contributed by atoms with van der Waals surface area (Å²) in [5.41, 5.74) is 1.13. The molecule has 2 aliphatic rings. The first-order valence-corrected chi connectivity index (χ1v) is 7.74.